The first kappa shape index (κ1) is 26.7. The summed E-state index contributed by atoms with van der Waals surface area (Å²) in [7, 11) is 1.58. The predicted molar refractivity (Wildman–Crippen MR) is 145 cm³/mol. The summed E-state index contributed by atoms with van der Waals surface area (Å²) in [5.74, 6) is 1.68. The molecule has 1 aliphatic carbocycles. The van der Waals surface area contributed by atoms with Gasteiger partial charge in [-0.05, 0) is 81.7 Å². The van der Waals surface area contributed by atoms with Gasteiger partial charge >= 0.3 is 5.97 Å². The zero-order chi connectivity index (χ0) is 26.9. The van der Waals surface area contributed by atoms with Crippen LogP contribution in [0.1, 0.15) is 63.6 Å². The van der Waals surface area contributed by atoms with Gasteiger partial charge in [0.05, 0.1) is 13.5 Å². The highest BCUT2D eigenvalue weighted by Crippen LogP contribution is 2.55. The van der Waals surface area contributed by atoms with Crippen LogP contribution in [0.4, 0.5) is 4.39 Å². The van der Waals surface area contributed by atoms with Crippen LogP contribution in [-0.4, -0.2) is 18.2 Å². The number of carboxylic acids is 1. The Hall–Kier alpha value is -3.34. The molecule has 0 bridgehead atoms. The molecule has 1 fully saturated rings. The summed E-state index contributed by atoms with van der Waals surface area (Å²) in [6, 6.07) is 18.6. The molecule has 5 heteroatoms. The van der Waals surface area contributed by atoms with Crippen molar-refractivity contribution in [1.82, 2.24) is 0 Å². The van der Waals surface area contributed by atoms with Gasteiger partial charge in [0.1, 0.15) is 23.9 Å². The number of aliphatic carboxylic acids is 1. The van der Waals surface area contributed by atoms with Crippen LogP contribution >= 0.6 is 0 Å². The number of benzene rings is 3. The normalized spacial score (nSPS) is 19.8. The third kappa shape index (κ3) is 5.98. The fourth-order valence-electron chi connectivity index (χ4n) is 5.47. The molecule has 4 rings (SSSR count). The van der Waals surface area contributed by atoms with Crippen molar-refractivity contribution >= 4 is 5.97 Å². The summed E-state index contributed by atoms with van der Waals surface area (Å²) < 4.78 is 26.3. The van der Waals surface area contributed by atoms with E-state index in [1.807, 2.05) is 36.4 Å². The lowest BCUT2D eigenvalue weighted by Crippen LogP contribution is -2.14. The Labute approximate surface area is 219 Å². The molecule has 0 aliphatic heterocycles. The Morgan fingerprint density at radius 2 is 1.70 bits per heavy atom. The summed E-state index contributed by atoms with van der Waals surface area (Å²) in [5.41, 5.74) is 4.14. The maximum Gasteiger partial charge on any atom is 0.303 e. The molecular weight excluding hydrogens is 467 g/mol. The van der Waals surface area contributed by atoms with Gasteiger partial charge in [-0.2, -0.15) is 0 Å². The smallest absolute Gasteiger partial charge is 0.303 e. The van der Waals surface area contributed by atoms with Crippen LogP contribution in [0.25, 0.3) is 11.1 Å². The van der Waals surface area contributed by atoms with Crippen molar-refractivity contribution in [2.24, 2.45) is 17.8 Å². The number of hydrogen-bond donors (Lipinski definition) is 1. The zero-order valence-electron chi connectivity index (χ0n) is 22.5. The number of methoxy groups -OCH3 is 1. The molecule has 0 amide bonds. The standard InChI is InChI=1S/C32H37FO4/c1-19-20(2)31(19)26(17-30(34)35)22-8-7-9-24(15-22)37-18-21-10-12-25(28(14-21)32(3,4)5)27-16-23(36-6)11-13-29(27)33/h7-16,19-20,26,31H,17-18H2,1-6H3,(H,34,35)/t19-,20-,26+/m1/s1. The van der Waals surface area contributed by atoms with E-state index in [1.165, 1.54) is 6.07 Å². The second-order valence-electron chi connectivity index (χ2n) is 11.3. The molecule has 37 heavy (non-hydrogen) atoms. The fraction of sp³-hybridized carbons (Fsp3) is 0.406. The van der Waals surface area contributed by atoms with Gasteiger partial charge in [-0.25, -0.2) is 4.39 Å². The van der Waals surface area contributed by atoms with E-state index >= 15 is 0 Å². The maximum absolute atomic E-state index is 14.8. The van der Waals surface area contributed by atoms with E-state index in [1.54, 1.807) is 19.2 Å². The van der Waals surface area contributed by atoms with Crippen molar-refractivity contribution in [2.45, 2.75) is 59.0 Å². The second kappa shape index (κ2) is 10.6. The van der Waals surface area contributed by atoms with Gasteiger partial charge in [0.2, 0.25) is 0 Å². The van der Waals surface area contributed by atoms with E-state index in [-0.39, 0.29) is 23.6 Å². The van der Waals surface area contributed by atoms with E-state index in [0.717, 1.165) is 22.3 Å². The first-order valence-electron chi connectivity index (χ1n) is 12.9. The highest BCUT2D eigenvalue weighted by molar-refractivity contribution is 5.71. The van der Waals surface area contributed by atoms with Crippen molar-refractivity contribution < 1.29 is 23.8 Å². The predicted octanol–water partition coefficient (Wildman–Crippen LogP) is 7.84. The molecule has 196 valence electrons. The van der Waals surface area contributed by atoms with Crippen molar-refractivity contribution in [1.29, 1.82) is 0 Å². The summed E-state index contributed by atoms with van der Waals surface area (Å²) in [4.78, 5) is 11.6. The van der Waals surface area contributed by atoms with E-state index in [9.17, 15) is 14.3 Å². The number of ether oxygens (including phenoxy) is 2. The molecule has 3 atom stereocenters. The van der Waals surface area contributed by atoms with Gasteiger partial charge in [-0.15, -0.1) is 0 Å². The molecule has 3 aromatic rings. The maximum atomic E-state index is 14.8. The third-order valence-electron chi connectivity index (χ3n) is 7.81. The van der Waals surface area contributed by atoms with Crippen LogP contribution < -0.4 is 9.47 Å². The monoisotopic (exact) mass is 504 g/mol. The SMILES string of the molecule is COc1ccc(F)c(-c2ccc(COc3cccc([C@H](CC(=O)O)C4[C@H](C)[C@H]4C)c3)cc2C(C)(C)C)c1. The lowest BCUT2D eigenvalue weighted by Gasteiger charge is -2.25. The van der Waals surface area contributed by atoms with Crippen molar-refractivity contribution in [3.63, 3.8) is 0 Å². The molecule has 0 aromatic heterocycles. The van der Waals surface area contributed by atoms with Crippen molar-refractivity contribution in [3.05, 3.63) is 83.2 Å². The molecular formula is C32H37FO4. The molecule has 1 N–H and O–H groups in total. The Kier molecular flexibility index (Phi) is 7.63. The highest BCUT2D eigenvalue weighted by atomic mass is 19.1. The van der Waals surface area contributed by atoms with Crippen LogP contribution in [0.2, 0.25) is 0 Å². The number of halogens is 1. The van der Waals surface area contributed by atoms with Crippen LogP contribution in [0.3, 0.4) is 0 Å². The average molecular weight is 505 g/mol. The topological polar surface area (TPSA) is 55.8 Å². The minimum atomic E-state index is -0.773. The largest absolute Gasteiger partial charge is 0.497 e. The van der Waals surface area contributed by atoms with Crippen LogP contribution in [0, 0.1) is 23.6 Å². The van der Waals surface area contributed by atoms with Gasteiger partial charge in [0.15, 0.2) is 0 Å². The summed E-state index contributed by atoms with van der Waals surface area (Å²) in [5, 5.41) is 9.50. The van der Waals surface area contributed by atoms with Crippen LogP contribution in [0.15, 0.2) is 60.7 Å². The average Bonchev–Trinajstić information content (AvgIpc) is 3.45. The first-order chi connectivity index (χ1) is 17.5. The van der Waals surface area contributed by atoms with Gasteiger partial charge in [0.25, 0.3) is 0 Å². The van der Waals surface area contributed by atoms with Gasteiger partial charge in [-0.1, -0.05) is 65.0 Å². The lowest BCUT2D eigenvalue weighted by atomic mass is 9.81. The van der Waals surface area contributed by atoms with Gasteiger partial charge in [-0.3, -0.25) is 4.79 Å². The first-order valence-corrected chi connectivity index (χ1v) is 12.9. The molecule has 0 heterocycles. The van der Waals surface area contributed by atoms with Crippen LogP contribution in [-0.2, 0) is 16.8 Å². The number of rotatable bonds is 9. The van der Waals surface area contributed by atoms with Crippen LogP contribution in [0.5, 0.6) is 11.5 Å². The van der Waals surface area contributed by atoms with E-state index in [2.05, 4.69) is 40.7 Å². The summed E-state index contributed by atoms with van der Waals surface area (Å²) >= 11 is 0. The van der Waals surface area contributed by atoms with Gasteiger partial charge < -0.3 is 14.6 Å². The fourth-order valence-corrected chi connectivity index (χ4v) is 5.47. The molecule has 0 saturated heterocycles. The van der Waals surface area contributed by atoms with Gasteiger partial charge in [0, 0.05) is 5.56 Å². The Morgan fingerprint density at radius 1 is 0.973 bits per heavy atom. The second-order valence-corrected chi connectivity index (χ2v) is 11.3. The summed E-state index contributed by atoms with van der Waals surface area (Å²) in [6.07, 6.45) is 0.125. The quantitative estimate of drug-likeness (QED) is 0.322. The number of carboxylic acid groups (broad SMARTS) is 1. The molecule has 1 aliphatic rings. The van der Waals surface area contributed by atoms with Crippen molar-refractivity contribution in [3.8, 4) is 22.6 Å². The molecule has 0 unspecified atom stereocenters. The van der Waals surface area contributed by atoms with E-state index in [0.29, 0.717) is 41.4 Å². The van der Waals surface area contributed by atoms with E-state index in [4.69, 9.17) is 9.47 Å². The Morgan fingerprint density at radius 3 is 2.32 bits per heavy atom. The van der Waals surface area contributed by atoms with E-state index < -0.39 is 5.97 Å². The molecule has 0 radical (unpaired) electrons. The molecule has 0 spiro atoms. The minimum Gasteiger partial charge on any atom is -0.497 e. The Bertz CT molecular complexity index is 1270. The van der Waals surface area contributed by atoms with Crippen molar-refractivity contribution in [2.75, 3.05) is 7.11 Å². The molecule has 4 nitrogen and oxygen atoms in total. The molecule has 3 aromatic carbocycles. The third-order valence-corrected chi connectivity index (χ3v) is 7.81. The number of carbonyl (C=O) groups is 1. The Balaban J connectivity index is 1.58. The minimum absolute atomic E-state index is 0.0180. The zero-order valence-corrected chi connectivity index (χ0v) is 22.5. The highest BCUT2D eigenvalue weighted by Gasteiger charge is 2.48. The lowest BCUT2D eigenvalue weighted by molar-refractivity contribution is -0.137. The molecule has 1 saturated carbocycles. The number of hydrogen-bond acceptors (Lipinski definition) is 3. The summed E-state index contributed by atoms with van der Waals surface area (Å²) in [6.45, 7) is 11.1.